The van der Waals surface area contributed by atoms with Crippen molar-refractivity contribution in [3.63, 3.8) is 0 Å². The molecule has 0 aromatic heterocycles. The Morgan fingerprint density at radius 3 is 1.47 bits per heavy atom. The molecule has 0 aromatic rings. The molecule has 8 aliphatic carbocycles. The second-order valence-corrected chi connectivity index (χ2v) is 21.3. The SMILES string of the molecule is C1CCC(C2NC(C3CCC(C4CCC5CCCCC5C4)CC3)NC(C3CCC4C(C3)OC3C4CC(C4CCCCC4)C4CCCCC43)N2)CC1. The Morgan fingerprint density at radius 2 is 0.745 bits per heavy atom. The van der Waals surface area contributed by atoms with E-state index in [0.717, 1.165) is 76.9 Å². The minimum Gasteiger partial charge on any atom is -0.374 e. The van der Waals surface area contributed by atoms with Crippen LogP contribution in [0.3, 0.4) is 0 Å². The molecule has 2 aliphatic heterocycles. The van der Waals surface area contributed by atoms with Crippen LogP contribution in [0.1, 0.15) is 186 Å². The molecule has 4 heteroatoms. The predicted octanol–water partition coefficient (Wildman–Crippen LogP) is 10.9. The number of nitrogens with one attached hydrogen (secondary N) is 3. The van der Waals surface area contributed by atoms with Gasteiger partial charge in [0, 0.05) is 0 Å². The van der Waals surface area contributed by atoms with Gasteiger partial charge in [0.1, 0.15) is 0 Å². The Balaban J connectivity index is 0.802. The Bertz CT molecular complexity index is 1120. The lowest BCUT2D eigenvalue weighted by molar-refractivity contribution is -0.0890. The molecule has 2 saturated heterocycles. The van der Waals surface area contributed by atoms with E-state index >= 15 is 0 Å². The lowest BCUT2D eigenvalue weighted by Crippen LogP contribution is -2.72. The van der Waals surface area contributed by atoms with Crippen molar-refractivity contribution in [2.45, 2.75) is 217 Å². The molecule has 3 N–H and O–H groups in total. The van der Waals surface area contributed by atoms with E-state index in [2.05, 4.69) is 16.0 Å². The van der Waals surface area contributed by atoms with Crippen LogP contribution in [0, 0.1) is 76.9 Å². The fourth-order valence-corrected chi connectivity index (χ4v) is 16.4. The number of rotatable bonds is 5. The molecule has 14 unspecified atom stereocenters. The van der Waals surface area contributed by atoms with Gasteiger partial charge in [0.2, 0.25) is 0 Å². The highest BCUT2D eigenvalue weighted by atomic mass is 16.5. The summed E-state index contributed by atoms with van der Waals surface area (Å²) in [7, 11) is 0. The van der Waals surface area contributed by atoms with Crippen molar-refractivity contribution in [2.24, 2.45) is 76.9 Å². The Kier molecular flexibility index (Phi) is 10.9. The summed E-state index contributed by atoms with van der Waals surface area (Å²) in [4.78, 5) is 0. The van der Waals surface area contributed by atoms with Gasteiger partial charge in [0.15, 0.2) is 0 Å². The van der Waals surface area contributed by atoms with Gasteiger partial charge in [-0.05, 0) is 173 Å². The van der Waals surface area contributed by atoms with Crippen LogP contribution in [-0.2, 0) is 4.74 Å². The molecule has 10 aliphatic rings. The largest absolute Gasteiger partial charge is 0.374 e. The van der Waals surface area contributed by atoms with E-state index in [1.807, 2.05) is 0 Å². The minimum absolute atomic E-state index is 0.465. The summed E-state index contributed by atoms with van der Waals surface area (Å²) >= 11 is 0. The summed E-state index contributed by atoms with van der Waals surface area (Å²) in [5.41, 5.74) is 0. The van der Waals surface area contributed by atoms with Gasteiger partial charge in [-0.1, -0.05) is 89.9 Å². The summed E-state index contributed by atoms with van der Waals surface area (Å²) in [6.07, 6.45) is 45.9. The van der Waals surface area contributed by atoms with Crippen LogP contribution in [0.2, 0.25) is 0 Å². The molecular formula is C47H79N3O. The first-order chi connectivity index (χ1) is 25.2. The van der Waals surface area contributed by atoms with Gasteiger partial charge in [-0.2, -0.15) is 0 Å². The van der Waals surface area contributed by atoms with E-state index < -0.39 is 0 Å². The molecule has 288 valence electrons. The zero-order chi connectivity index (χ0) is 33.7. The molecule has 10 fully saturated rings. The van der Waals surface area contributed by atoms with E-state index in [1.54, 1.807) is 44.9 Å². The molecule has 0 radical (unpaired) electrons. The summed E-state index contributed by atoms with van der Waals surface area (Å²) in [6, 6.07) is 0. The van der Waals surface area contributed by atoms with Gasteiger partial charge in [0.25, 0.3) is 0 Å². The highest BCUT2D eigenvalue weighted by molar-refractivity contribution is 5.06. The van der Waals surface area contributed by atoms with E-state index in [4.69, 9.17) is 4.74 Å². The quantitative estimate of drug-likeness (QED) is 0.267. The van der Waals surface area contributed by atoms with Crippen LogP contribution in [0.25, 0.3) is 0 Å². The standard InChI is InChI=1S/C47H79N3O/c1-3-12-32(13-4-1)41-29-42-39-26-25-37(28-43(39)51-44(42)40-18-10-9-17-38(40)41)47-49-45(33-14-5-2-6-15-33)48-46(50-47)34-22-19-31(20-23-34)36-24-21-30-11-7-8-16-35(30)27-36/h30-50H,1-29H2. The van der Waals surface area contributed by atoms with Crippen LogP contribution in [0.4, 0.5) is 0 Å². The molecule has 2 heterocycles. The summed E-state index contributed by atoms with van der Waals surface area (Å²) in [6.45, 7) is 0. The number of hydrogen-bond donors (Lipinski definition) is 3. The molecular weight excluding hydrogens is 623 g/mol. The van der Waals surface area contributed by atoms with Gasteiger partial charge in [-0.15, -0.1) is 0 Å². The zero-order valence-electron chi connectivity index (χ0n) is 32.8. The number of hydrogen-bond acceptors (Lipinski definition) is 4. The van der Waals surface area contributed by atoms with Gasteiger partial charge < -0.3 is 4.74 Å². The smallest absolute Gasteiger partial charge is 0.0641 e. The molecule has 14 atom stereocenters. The van der Waals surface area contributed by atoms with E-state index in [0.29, 0.717) is 30.7 Å². The van der Waals surface area contributed by atoms with Gasteiger partial charge >= 0.3 is 0 Å². The Labute approximate surface area is 313 Å². The predicted molar refractivity (Wildman–Crippen MR) is 209 cm³/mol. The van der Waals surface area contributed by atoms with Crippen LogP contribution in [0.5, 0.6) is 0 Å². The second-order valence-electron chi connectivity index (χ2n) is 21.3. The Morgan fingerprint density at radius 1 is 0.275 bits per heavy atom. The Hall–Kier alpha value is -0.160. The lowest BCUT2D eigenvalue weighted by atomic mass is 9.54. The first-order valence-electron chi connectivity index (χ1n) is 24.2. The van der Waals surface area contributed by atoms with Crippen molar-refractivity contribution in [3.8, 4) is 0 Å². The third-order valence-electron chi connectivity index (χ3n) is 19.0. The van der Waals surface area contributed by atoms with Crippen molar-refractivity contribution in [1.29, 1.82) is 0 Å². The van der Waals surface area contributed by atoms with Crippen molar-refractivity contribution in [2.75, 3.05) is 0 Å². The van der Waals surface area contributed by atoms with Gasteiger partial charge in [-0.25, -0.2) is 0 Å². The molecule has 4 nitrogen and oxygen atoms in total. The summed E-state index contributed by atoms with van der Waals surface area (Å²) in [5.74, 6) is 12.3. The molecule has 0 aromatic carbocycles. The third-order valence-corrected chi connectivity index (χ3v) is 19.0. The molecule has 51 heavy (non-hydrogen) atoms. The fourth-order valence-electron chi connectivity index (χ4n) is 16.4. The van der Waals surface area contributed by atoms with Crippen LogP contribution >= 0.6 is 0 Å². The minimum atomic E-state index is 0.465. The highest BCUT2D eigenvalue weighted by Gasteiger charge is 2.57. The molecule has 0 spiro atoms. The maximum absolute atomic E-state index is 7.41. The van der Waals surface area contributed by atoms with Crippen molar-refractivity contribution in [3.05, 3.63) is 0 Å². The first kappa shape index (κ1) is 35.3. The maximum atomic E-state index is 7.41. The maximum Gasteiger partial charge on any atom is 0.0641 e. The zero-order valence-corrected chi connectivity index (χ0v) is 32.8. The first-order valence-corrected chi connectivity index (χ1v) is 24.2. The number of ether oxygens (including phenoxy) is 1. The monoisotopic (exact) mass is 702 g/mol. The number of fused-ring (bicyclic) bond motifs is 6. The highest BCUT2D eigenvalue weighted by Crippen LogP contribution is 2.59. The van der Waals surface area contributed by atoms with Crippen molar-refractivity contribution < 1.29 is 4.74 Å². The van der Waals surface area contributed by atoms with Gasteiger partial charge in [-0.3, -0.25) is 16.0 Å². The van der Waals surface area contributed by atoms with E-state index in [9.17, 15) is 0 Å². The molecule has 0 bridgehead atoms. The summed E-state index contributed by atoms with van der Waals surface area (Å²) < 4.78 is 7.41. The molecule has 8 saturated carbocycles. The third kappa shape index (κ3) is 7.20. The second kappa shape index (κ2) is 15.8. The fraction of sp³-hybridized carbons (Fsp3) is 1.00. The topological polar surface area (TPSA) is 45.3 Å². The summed E-state index contributed by atoms with van der Waals surface area (Å²) in [5, 5.41) is 13.0. The van der Waals surface area contributed by atoms with Crippen LogP contribution in [-0.4, -0.2) is 30.7 Å². The van der Waals surface area contributed by atoms with E-state index in [1.165, 1.54) is 141 Å². The molecule has 0 amide bonds. The molecule has 10 rings (SSSR count). The van der Waals surface area contributed by atoms with Crippen molar-refractivity contribution >= 4 is 0 Å². The van der Waals surface area contributed by atoms with Crippen LogP contribution < -0.4 is 16.0 Å². The average Bonchev–Trinajstić information content (AvgIpc) is 3.59. The van der Waals surface area contributed by atoms with Crippen LogP contribution in [0.15, 0.2) is 0 Å². The van der Waals surface area contributed by atoms with Gasteiger partial charge in [0.05, 0.1) is 30.7 Å². The van der Waals surface area contributed by atoms with E-state index in [-0.39, 0.29) is 0 Å². The normalized spacial score (nSPS) is 51.5. The lowest BCUT2D eigenvalue weighted by Gasteiger charge is -2.51. The average molecular weight is 702 g/mol. The van der Waals surface area contributed by atoms with Crippen molar-refractivity contribution in [1.82, 2.24) is 16.0 Å².